The maximum Gasteiger partial charge on any atom is 0.409 e. The number of carbonyl (C=O) groups excluding carboxylic acids is 1. The first kappa shape index (κ1) is 14.4. The van der Waals surface area contributed by atoms with Gasteiger partial charge in [0.15, 0.2) is 0 Å². The quantitative estimate of drug-likeness (QED) is 0.898. The molecule has 4 N–H and O–H groups in total. The molecule has 0 fully saturated rings. The molecule has 1 amide bonds. The number of hydrogen-bond acceptors (Lipinski definition) is 6. The largest absolute Gasteiger partial charge is 0.410 e. The average molecular weight is 292 g/mol. The van der Waals surface area contributed by atoms with E-state index in [1.165, 1.54) is 11.3 Å². The summed E-state index contributed by atoms with van der Waals surface area (Å²) >= 11 is 1.45. The number of aromatic nitrogens is 2. The topological polar surface area (TPSA) is 104 Å². The maximum atomic E-state index is 10.9. The molecule has 0 aliphatic carbocycles. The van der Waals surface area contributed by atoms with E-state index in [0.717, 1.165) is 5.01 Å². The molecule has 0 aliphatic rings. The van der Waals surface area contributed by atoms with E-state index in [0.29, 0.717) is 22.2 Å². The van der Waals surface area contributed by atoms with Crippen LogP contribution < -0.4 is 16.2 Å². The van der Waals surface area contributed by atoms with Crippen LogP contribution in [0.15, 0.2) is 24.3 Å². The number of nitrogens with two attached hydrogens (primary N) is 2. The average Bonchev–Trinajstić information content (AvgIpc) is 2.87. The zero-order valence-electron chi connectivity index (χ0n) is 11.2. The van der Waals surface area contributed by atoms with Gasteiger partial charge in [-0.25, -0.2) is 4.79 Å². The van der Waals surface area contributed by atoms with Gasteiger partial charge in [-0.3, -0.25) is 0 Å². The number of para-hydroxylation sites is 1. The van der Waals surface area contributed by atoms with Crippen molar-refractivity contribution in [3.63, 3.8) is 0 Å². The number of hydrogen-bond donors (Lipinski definition) is 2. The number of nitrogens with zero attached hydrogens (tertiary/aromatic N) is 2. The molecule has 1 aromatic heterocycles. The van der Waals surface area contributed by atoms with Gasteiger partial charge in [0.25, 0.3) is 0 Å². The van der Waals surface area contributed by atoms with E-state index < -0.39 is 12.1 Å². The van der Waals surface area contributed by atoms with Crippen molar-refractivity contribution in [1.29, 1.82) is 0 Å². The molecule has 1 unspecified atom stereocenters. The molecule has 0 saturated carbocycles. The van der Waals surface area contributed by atoms with Gasteiger partial charge < -0.3 is 16.2 Å². The highest BCUT2D eigenvalue weighted by Crippen LogP contribution is 2.31. The number of benzene rings is 1. The normalized spacial score (nSPS) is 12.4. The van der Waals surface area contributed by atoms with E-state index in [9.17, 15) is 4.79 Å². The van der Waals surface area contributed by atoms with Crippen LogP contribution >= 0.6 is 11.3 Å². The first-order chi connectivity index (χ1) is 9.49. The molecule has 1 heterocycles. The summed E-state index contributed by atoms with van der Waals surface area (Å²) in [6.07, 6.45) is -0.871. The van der Waals surface area contributed by atoms with Crippen molar-refractivity contribution < 1.29 is 9.53 Å². The van der Waals surface area contributed by atoms with Gasteiger partial charge in [-0.15, -0.1) is 10.2 Å². The third kappa shape index (κ3) is 3.12. The van der Waals surface area contributed by atoms with Crippen LogP contribution in [0, 0.1) is 0 Å². The molecule has 20 heavy (non-hydrogen) atoms. The van der Waals surface area contributed by atoms with Crippen LogP contribution in [0.4, 0.5) is 4.79 Å². The van der Waals surface area contributed by atoms with Crippen molar-refractivity contribution >= 4 is 17.4 Å². The van der Waals surface area contributed by atoms with Crippen molar-refractivity contribution in [2.24, 2.45) is 11.5 Å². The summed E-state index contributed by atoms with van der Waals surface area (Å²) in [6.45, 7) is 4.08. The van der Waals surface area contributed by atoms with Crippen molar-refractivity contribution in [2.45, 2.75) is 25.8 Å². The van der Waals surface area contributed by atoms with Gasteiger partial charge >= 0.3 is 6.09 Å². The minimum Gasteiger partial charge on any atom is -0.410 e. The summed E-state index contributed by atoms with van der Waals surface area (Å²) in [5, 5.41) is 9.81. The summed E-state index contributed by atoms with van der Waals surface area (Å²) in [5.41, 5.74) is 11.9. The van der Waals surface area contributed by atoms with Crippen LogP contribution in [0.25, 0.3) is 0 Å². The molecule has 2 aromatic rings. The van der Waals surface area contributed by atoms with Crippen LogP contribution in [-0.4, -0.2) is 16.3 Å². The number of rotatable bonds is 4. The molecule has 1 atom stereocenters. The molecule has 106 valence electrons. The third-order valence-electron chi connectivity index (χ3n) is 2.68. The SMILES string of the molecule is CC(C)c1nnc(C(N)c2ccccc2OC(N)=O)s1. The molecule has 1 aromatic carbocycles. The minimum absolute atomic E-state index is 0.297. The highest BCUT2D eigenvalue weighted by Gasteiger charge is 2.20. The Balaban J connectivity index is 2.32. The van der Waals surface area contributed by atoms with Crippen LogP contribution in [-0.2, 0) is 0 Å². The molecular weight excluding hydrogens is 276 g/mol. The van der Waals surface area contributed by atoms with Crippen molar-refractivity contribution in [1.82, 2.24) is 10.2 Å². The van der Waals surface area contributed by atoms with Gasteiger partial charge in [-0.1, -0.05) is 43.4 Å². The highest BCUT2D eigenvalue weighted by molar-refractivity contribution is 7.11. The zero-order valence-corrected chi connectivity index (χ0v) is 12.1. The van der Waals surface area contributed by atoms with E-state index in [1.807, 2.05) is 19.9 Å². The molecule has 0 saturated heterocycles. The van der Waals surface area contributed by atoms with E-state index in [2.05, 4.69) is 10.2 Å². The van der Waals surface area contributed by atoms with Gasteiger partial charge in [0.1, 0.15) is 15.8 Å². The first-order valence-corrected chi connectivity index (χ1v) is 6.95. The summed E-state index contributed by atoms with van der Waals surface area (Å²) in [6, 6.07) is 6.47. The zero-order chi connectivity index (χ0) is 14.7. The Morgan fingerprint density at radius 1 is 1.25 bits per heavy atom. The monoisotopic (exact) mass is 292 g/mol. The van der Waals surface area contributed by atoms with E-state index in [-0.39, 0.29) is 0 Å². The third-order valence-corrected chi connectivity index (χ3v) is 3.99. The Kier molecular flexibility index (Phi) is 4.31. The molecule has 0 bridgehead atoms. The Labute approximate surface area is 120 Å². The second-order valence-electron chi connectivity index (χ2n) is 4.57. The summed E-state index contributed by atoms with van der Waals surface area (Å²) < 4.78 is 4.96. The predicted octanol–water partition coefficient (Wildman–Crippen LogP) is 2.17. The van der Waals surface area contributed by atoms with Crippen LogP contribution in [0.3, 0.4) is 0 Å². The van der Waals surface area contributed by atoms with E-state index in [4.69, 9.17) is 16.2 Å². The number of carbonyl (C=O) groups is 1. The first-order valence-electron chi connectivity index (χ1n) is 6.14. The molecule has 6 nitrogen and oxygen atoms in total. The van der Waals surface area contributed by atoms with Crippen molar-refractivity contribution in [3.05, 3.63) is 39.8 Å². The maximum absolute atomic E-state index is 10.9. The smallest absolute Gasteiger partial charge is 0.409 e. The highest BCUT2D eigenvalue weighted by atomic mass is 32.1. The standard InChI is InChI=1S/C13H16N4O2S/c1-7(2)11-16-17-12(20-11)10(14)8-5-3-4-6-9(8)19-13(15)18/h3-7,10H,14H2,1-2H3,(H2,15,18). The molecule has 0 spiro atoms. The lowest BCUT2D eigenvalue weighted by molar-refractivity contribution is 0.210. The lowest BCUT2D eigenvalue weighted by Crippen LogP contribution is -2.19. The van der Waals surface area contributed by atoms with Crippen molar-refractivity contribution in [3.8, 4) is 5.75 Å². The Morgan fingerprint density at radius 3 is 2.50 bits per heavy atom. The summed E-state index contributed by atoms with van der Waals surface area (Å²) in [4.78, 5) is 10.9. The predicted molar refractivity (Wildman–Crippen MR) is 76.7 cm³/mol. The molecule has 0 aliphatic heterocycles. The van der Waals surface area contributed by atoms with Crippen LogP contribution in [0.5, 0.6) is 5.75 Å². The Bertz CT molecular complexity index is 612. The minimum atomic E-state index is -0.871. The fraction of sp³-hybridized carbons (Fsp3) is 0.308. The number of ether oxygens (including phenoxy) is 1. The fourth-order valence-corrected chi connectivity index (χ4v) is 2.54. The van der Waals surface area contributed by atoms with E-state index >= 15 is 0 Å². The van der Waals surface area contributed by atoms with Crippen molar-refractivity contribution in [2.75, 3.05) is 0 Å². The van der Waals surface area contributed by atoms with E-state index in [1.54, 1.807) is 18.2 Å². The van der Waals surface area contributed by atoms with Crippen LogP contribution in [0.2, 0.25) is 0 Å². The van der Waals surface area contributed by atoms with Gasteiger partial charge in [0.05, 0.1) is 6.04 Å². The van der Waals surface area contributed by atoms with Gasteiger partial charge in [0, 0.05) is 11.5 Å². The van der Waals surface area contributed by atoms with Gasteiger partial charge in [0.2, 0.25) is 0 Å². The van der Waals surface area contributed by atoms with Crippen LogP contribution in [0.1, 0.15) is 41.4 Å². The Hall–Kier alpha value is -1.99. The summed E-state index contributed by atoms with van der Waals surface area (Å²) in [5.74, 6) is 0.638. The lowest BCUT2D eigenvalue weighted by atomic mass is 10.1. The second kappa shape index (κ2) is 5.98. The summed E-state index contributed by atoms with van der Waals surface area (Å²) in [7, 11) is 0. The second-order valence-corrected chi connectivity index (χ2v) is 5.61. The molecule has 2 rings (SSSR count). The number of amides is 1. The van der Waals surface area contributed by atoms with Gasteiger partial charge in [-0.2, -0.15) is 0 Å². The molecule has 7 heteroatoms. The Morgan fingerprint density at radius 2 is 1.90 bits per heavy atom. The fourth-order valence-electron chi connectivity index (χ4n) is 1.68. The molecule has 0 radical (unpaired) electrons. The number of primary amides is 1. The van der Waals surface area contributed by atoms with Gasteiger partial charge in [-0.05, 0) is 6.07 Å². The lowest BCUT2D eigenvalue weighted by Gasteiger charge is -2.12. The molecular formula is C13H16N4O2S.